The lowest BCUT2D eigenvalue weighted by Crippen LogP contribution is -2.61. The first-order valence-electron chi connectivity index (χ1n) is 11.3. The molecule has 3 aliphatic rings. The highest BCUT2D eigenvalue weighted by atomic mass is 16.5. The Bertz CT molecular complexity index is 700. The third kappa shape index (κ3) is 4.64. The highest BCUT2D eigenvalue weighted by Crippen LogP contribution is 2.34. The van der Waals surface area contributed by atoms with E-state index in [-0.39, 0.29) is 11.4 Å². The zero-order chi connectivity index (χ0) is 20.8. The summed E-state index contributed by atoms with van der Waals surface area (Å²) in [7, 11) is 1.85. The largest absolute Gasteiger partial charge is 0.459 e. The minimum absolute atomic E-state index is 0.0314. The molecule has 1 aromatic heterocycles. The number of piperazine rings is 1. The van der Waals surface area contributed by atoms with Crippen molar-refractivity contribution in [1.29, 1.82) is 0 Å². The van der Waals surface area contributed by atoms with E-state index in [0.717, 1.165) is 51.9 Å². The summed E-state index contributed by atoms with van der Waals surface area (Å²) >= 11 is 0. The maximum Gasteiger partial charge on any atom is 0.289 e. The Morgan fingerprint density at radius 2 is 1.77 bits per heavy atom. The predicted molar refractivity (Wildman–Crippen MR) is 116 cm³/mol. The molecule has 30 heavy (non-hydrogen) atoms. The van der Waals surface area contributed by atoms with Gasteiger partial charge in [-0.05, 0) is 25.0 Å². The molecule has 0 bridgehead atoms. The van der Waals surface area contributed by atoms with E-state index in [9.17, 15) is 4.79 Å². The molecule has 4 rings (SSSR count). The summed E-state index contributed by atoms with van der Waals surface area (Å²) in [4.78, 5) is 23.8. The van der Waals surface area contributed by atoms with Crippen LogP contribution in [0.25, 0.3) is 0 Å². The number of morpholine rings is 1. The van der Waals surface area contributed by atoms with Crippen molar-refractivity contribution < 1.29 is 13.9 Å². The molecule has 2 saturated heterocycles. The third-order valence-electron chi connectivity index (χ3n) is 6.85. The average molecular weight is 418 g/mol. The zero-order valence-electron chi connectivity index (χ0n) is 18.1. The van der Waals surface area contributed by atoms with Crippen molar-refractivity contribution >= 4 is 11.9 Å². The lowest BCUT2D eigenvalue weighted by atomic mass is 9.79. The fraction of sp³-hybridized carbons (Fsp3) is 0.727. The van der Waals surface area contributed by atoms with Crippen molar-refractivity contribution in [3.63, 3.8) is 0 Å². The van der Waals surface area contributed by atoms with E-state index >= 15 is 0 Å². The molecule has 0 atom stereocenters. The van der Waals surface area contributed by atoms with Crippen molar-refractivity contribution in [1.82, 2.24) is 20.0 Å². The summed E-state index contributed by atoms with van der Waals surface area (Å²) in [5.41, 5.74) is 0.203. The number of amides is 1. The average Bonchev–Trinajstić information content (AvgIpc) is 3.36. The molecule has 0 radical (unpaired) electrons. The van der Waals surface area contributed by atoms with E-state index in [0.29, 0.717) is 18.8 Å². The number of hydrogen-bond donors (Lipinski definition) is 1. The number of guanidine groups is 1. The van der Waals surface area contributed by atoms with Crippen molar-refractivity contribution in [3.8, 4) is 0 Å². The summed E-state index contributed by atoms with van der Waals surface area (Å²) < 4.78 is 10.9. The van der Waals surface area contributed by atoms with E-state index < -0.39 is 0 Å². The number of rotatable bonds is 4. The second-order valence-electron chi connectivity index (χ2n) is 8.54. The summed E-state index contributed by atoms with van der Waals surface area (Å²) in [5, 5.41) is 3.69. The van der Waals surface area contributed by atoms with E-state index in [1.807, 2.05) is 11.9 Å². The van der Waals surface area contributed by atoms with Crippen LogP contribution in [-0.2, 0) is 4.74 Å². The fourth-order valence-electron chi connectivity index (χ4n) is 5.11. The number of carbonyl (C=O) groups excluding carboxylic acids is 1. The molecule has 1 saturated carbocycles. The van der Waals surface area contributed by atoms with Crippen LogP contribution >= 0.6 is 0 Å². The molecule has 0 spiro atoms. The normalized spacial score (nSPS) is 23.4. The van der Waals surface area contributed by atoms with Crippen molar-refractivity contribution in [2.75, 3.05) is 66.1 Å². The monoisotopic (exact) mass is 417 g/mol. The van der Waals surface area contributed by atoms with Gasteiger partial charge >= 0.3 is 0 Å². The first-order chi connectivity index (χ1) is 14.7. The van der Waals surface area contributed by atoms with Gasteiger partial charge in [0.15, 0.2) is 11.7 Å². The lowest BCUT2D eigenvalue weighted by Gasteiger charge is -2.48. The van der Waals surface area contributed by atoms with Crippen molar-refractivity contribution in [3.05, 3.63) is 24.2 Å². The summed E-state index contributed by atoms with van der Waals surface area (Å²) in [5.74, 6) is 1.32. The predicted octanol–water partition coefficient (Wildman–Crippen LogP) is 1.65. The molecule has 3 heterocycles. The van der Waals surface area contributed by atoms with Gasteiger partial charge in [-0.15, -0.1) is 0 Å². The first kappa shape index (κ1) is 21.2. The van der Waals surface area contributed by atoms with Crippen LogP contribution in [0.1, 0.15) is 42.7 Å². The van der Waals surface area contributed by atoms with E-state index in [1.54, 1.807) is 18.4 Å². The topological polar surface area (TPSA) is 73.6 Å². The number of hydrogen-bond acceptors (Lipinski definition) is 5. The molecular formula is C22H35N5O3. The molecule has 3 fully saturated rings. The van der Waals surface area contributed by atoms with Gasteiger partial charge in [-0.2, -0.15) is 0 Å². The number of nitrogens with one attached hydrogen (secondary N) is 1. The van der Waals surface area contributed by atoms with Crippen LogP contribution in [0.2, 0.25) is 0 Å². The SMILES string of the molecule is CN=C(NCC1(N2CCOCC2)CCCCC1)N1CCN(C(=O)c2ccco2)CC1. The Kier molecular flexibility index (Phi) is 6.94. The van der Waals surface area contributed by atoms with Crippen LogP contribution in [0.15, 0.2) is 27.8 Å². The van der Waals surface area contributed by atoms with Gasteiger partial charge < -0.3 is 24.3 Å². The molecule has 166 valence electrons. The standard InChI is InChI=1S/C22H35N5O3/c1-23-21(26-11-9-25(10-12-26)20(28)19-6-5-15-30-19)24-18-22(7-3-2-4-8-22)27-13-16-29-17-14-27/h5-6,15H,2-4,7-14,16-18H2,1H3,(H,23,24). The fourth-order valence-corrected chi connectivity index (χ4v) is 5.11. The molecule has 0 aromatic carbocycles. The third-order valence-corrected chi connectivity index (χ3v) is 6.85. The first-order valence-corrected chi connectivity index (χ1v) is 11.3. The Morgan fingerprint density at radius 1 is 1.07 bits per heavy atom. The van der Waals surface area contributed by atoms with E-state index in [4.69, 9.17) is 9.15 Å². The summed E-state index contributed by atoms with van der Waals surface area (Å²) in [6.07, 6.45) is 7.96. The number of aliphatic imine (C=N–C) groups is 1. The number of carbonyl (C=O) groups is 1. The molecule has 8 nitrogen and oxygen atoms in total. The molecule has 1 amide bonds. The van der Waals surface area contributed by atoms with Gasteiger partial charge in [-0.3, -0.25) is 14.7 Å². The van der Waals surface area contributed by atoms with Crippen molar-refractivity contribution in [2.45, 2.75) is 37.6 Å². The molecule has 1 aliphatic carbocycles. The van der Waals surface area contributed by atoms with Crippen LogP contribution in [0.5, 0.6) is 0 Å². The Morgan fingerprint density at radius 3 is 2.40 bits per heavy atom. The number of nitrogens with zero attached hydrogens (tertiary/aromatic N) is 4. The van der Waals surface area contributed by atoms with Crippen LogP contribution in [0, 0.1) is 0 Å². The minimum Gasteiger partial charge on any atom is -0.459 e. The van der Waals surface area contributed by atoms with Gasteiger partial charge in [0.05, 0.1) is 19.5 Å². The van der Waals surface area contributed by atoms with Gasteiger partial charge in [-0.25, -0.2) is 0 Å². The van der Waals surface area contributed by atoms with Gasteiger partial charge in [-0.1, -0.05) is 19.3 Å². The van der Waals surface area contributed by atoms with E-state index in [1.165, 1.54) is 32.1 Å². The van der Waals surface area contributed by atoms with Crippen LogP contribution < -0.4 is 5.32 Å². The van der Waals surface area contributed by atoms with Crippen LogP contribution in [-0.4, -0.2) is 98.2 Å². The Labute approximate surface area is 179 Å². The van der Waals surface area contributed by atoms with Gasteiger partial charge in [0, 0.05) is 58.4 Å². The number of ether oxygens (including phenoxy) is 1. The van der Waals surface area contributed by atoms with Gasteiger partial charge in [0.1, 0.15) is 0 Å². The minimum atomic E-state index is -0.0314. The highest BCUT2D eigenvalue weighted by Gasteiger charge is 2.39. The highest BCUT2D eigenvalue weighted by molar-refractivity contribution is 5.91. The Balaban J connectivity index is 1.33. The lowest BCUT2D eigenvalue weighted by molar-refractivity contribution is -0.0355. The summed E-state index contributed by atoms with van der Waals surface area (Å²) in [6.45, 7) is 7.54. The maximum absolute atomic E-state index is 12.5. The Hall–Kier alpha value is -2.06. The quantitative estimate of drug-likeness (QED) is 0.593. The second kappa shape index (κ2) is 9.83. The zero-order valence-corrected chi connectivity index (χ0v) is 18.1. The number of furan rings is 1. The van der Waals surface area contributed by atoms with Crippen LogP contribution in [0.3, 0.4) is 0 Å². The maximum atomic E-state index is 12.5. The molecule has 2 aliphatic heterocycles. The molecule has 1 N–H and O–H groups in total. The van der Waals surface area contributed by atoms with Crippen molar-refractivity contribution in [2.24, 2.45) is 4.99 Å². The van der Waals surface area contributed by atoms with Gasteiger partial charge in [0.25, 0.3) is 5.91 Å². The summed E-state index contributed by atoms with van der Waals surface area (Å²) in [6, 6.07) is 3.48. The van der Waals surface area contributed by atoms with E-state index in [2.05, 4.69) is 20.1 Å². The van der Waals surface area contributed by atoms with Crippen LogP contribution in [0.4, 0.5) is 0 Å². The molecule has 0 unspecified atom stereocenters. The van der Waals surface area contributed by atoms with Gasteiger partial charge in [0.2, 0.25) is 0 Å². The molecular weight excluding hydrogens is 382 g/mol. The smallest absolute Gasteiger partial charge is 0.289 e. The molecule has 8 heteroatoms. The second-order valence-corrected chi connectivity index (χ2v) is 8.54. The molecule has 1 aromatic rings.